The first kappa shape index (κ1) is 9.33. The van der Waals surface area contributed by atoms with Crippen molar-refractivity contribution < 1.29 is 34.8 Å². The second kappa shape index (κ2) is 2.94. The van der Waals surface area contributed by atoms with E-state index in [1.54, 1.807) is 0 Å². The first-order valence-corrected chi connectivity index (χ1v) is 3.19. The average Bonchev–Trinajstić information content (AvgIpc) is 2.31. The standard InChI is InChI=1S/C6H6O7/c7-1-2(8)6(12)13-4(1)3(9)5(10)11/h3-4,7-9H,(H,10,11)/t3-,4?/m1/s1. The molecule has 0 saturated carbocycles. The molecule has 0 spiro atoms. The Bertz CT molecular complexity index is 291. The van der Waals surface area contributed by atoms with Crippen molar-refractivity contribution in [1.29, 1.82) is 0 Å². The van der Waals surface area contributed by atoms with Gasteiger partial charge in [-0.25, -0.2) is 9.59 Å². The summed E-state index contributed by atoms with van der Waals surface area (Å²) in [5.41, 5.74) is 0. The summed E-state index contributed by atoms with van der Waals surface area (Å²) in [7, 11) is 0. The Morgan fingerprint density at radius 3 is 2.31 bits per heavy atom. The largest absolute Gasteiger partial charge is 0.505 e. The minimum atomic E-state index is -2.09. The fourth-order valence-electron chi connectivity index (χ4n) is 0.810. The molecular weight excluding hydrogens is 184 g/mol. The van der Waals surface area contributed by atoms with Crippen LogP contribution in [0.3, 0.4) is 0 Å². The van der Waals surface area contributed by atoms with Gasteiger partial charge in [-0.05, 0) is 0 Å². The van der Waals surface area contributed by atoms with Crippen LogP contribution in [0.15, 0.2) is 11.5 Å². The third-order valence-electron chi connectivity index (χ3n) is 1.48. The summed E-state index contributed by atoms with van der Waals surface area (Å²) < 4.78 is 4.17. The highest BCUT2D eigenvalue weighted by molar-refractivity contribution is 5.90. The molecule has 72 valence electrons. The quantitative estimate of drug-likeness (QED) is 0.398. The fraction of sp³-hybridized carbons (Fsp3) is 0.333. The molecule has 0 aromatic heterocycles. The molecule has 0 radical (unpaired) electrons. The lowest BCUT2D eigenvalue weighted by molar-refractivity contribution is -0.159. The van der Waals surface area contributed by atoms with Gasteiger partial charge in [0.1, 0.15) is 0 Å². The van der Waals surface area contributed by atoms with Gasteiger partial charge < -0.3 is 25.2 Å². The third kappa shape index (κ3) is 1.41. The molecule has 1 aliphatic rings. The van der Waals surface area contributed by atoms with Gasteiger partial charge in [0.2, 0.25) is 5.76 Å². The molecule has 7 heteroatoms. The van der Waals surface area contributed by atoms with E-state index in [-0.39, 0.29) is 0 Å². The lowest BCUT2D eigenvalue weighted by atomic mass is 10.2. The molecule has 0 aromatic rings. The number of hydrogen-bond acceptors (Lipinski definition) is 6. The van der Waals surface area contributed by atoms with Gasteiger partial charge in [-0.2, -0.15) is 0 Å². The smallest absolute Gasteiger partial charge is 0.378 e. The van der Waals surface area contributed by atoms with Crippen molar-refractivity contribution in [1.82, 2.24) is 0 Å². The van der Waals surface area contributed by atoms with Crippen molar-refractivity contribution >= 4 is 11.9 Å². The van der Waals surface area contributed by atoms with Gasteiger partial charge in [0, 0.05) is 0 Å². The molecule has 0 fully saturated rings. The summed E-state index contributed by atoms with van der Waals surface area (Å²) in [5, 5.41) is 34.8. The Hall–Kier alpha value is -1.76. The maximum atomic E-state index is 10.5. The highest BCUT2D eigenvalue weighted by atomic mass is 16.6. The number of cyclic esters (lactones) is 1. The molecule has 0 amide bonds. The Balaban J connectivity index is 2.88. The predicted molar refractivity (Wildman–Crippen MR) is 35.8 cm³/mol. The number of carboxylic acid groups (broad SMARTS) is 1. The molecule has 1 aliphatic heterocycles. The zero-order valence-electron chi connectivity index (χ0n) is 6.17. The first-order chi connectivity index (χ1) is 5.95. The molecule has 0 bridgehead atoms. The normalized spacial score (nSPS) is 24.4. The molecule has 13 heavy (non-hydrogen) atoms. The van der Waals surface area contributed by atoms with E-state index < -0.39 is 35.7 Å². The Morgan fingerprint density at radius 2 is 2.00 bits per heavy atom. The minimum absolute atomic E-state index is 0.972. The summed E-state index contributed by atoms with van der Waals surface area (Å²) in [6.45, 7) is 0. The minimum Gasteiger partial charge on any atom is -0.505 e. The summed E-state index contributed by atoms with van der Waals surface area (Å²) >= 11 is 0. The number of carbonyl (C=O) groups is 2. The number of ether oxygens (including phenoxy) is 1. The highest BCUT2D eigenvalue weighted by Gasteiger charge is 2.42. The van der Waals surface area contributed by atoms with Crippen molar-refractivity contribution in [2.45, 2.75) is 12.2 Å². The predicted octanol–water partition coefficient (Wildman–Crippen LogP) is -1.32. The summed E-state index contributed by atoms with van der Waals surface area (Å²) in [5.74, 6) is -4.98. The number of aliphatic carboxylic acids is 1. The number of aliphatic hydroxyl groups is 3. The fourth-order valence-corrected chi connectivity index (χ4v) is 0.810. The van der Waals surface area contributed by atoms with Crippen LogP contribution in [0.5, 0.6) is 0 Å². The van der Waals surface area contributed by atoms with Crippen LogP contribution in [0.4, 0.5) is 0 Å². The van der Waals surface area contributed by atoms with E-state index in [1.165, 1.54) is 0 Å². The van der Waals surface area contributed by atoms with Gasteiger partial charge in [0.05, 0.1) is 0 Å². The lowest BCUT2D eigenvalue weighted by Crippen LogP contribution is -2.35. The second-order valence-electron chi connectivity index (χ2n) is 2.34. The van der Waals surface area contributed by atoms with Crippen LogP contribution in [-0.2, 0) is 14.3 Å². The molecule has 4 N–H and O–H groups in total. The van der Waals surface area contributed by atoms with Crippen molar-refractivity contribution in [3.8, 4) is 0 Å². The van der Waals surface area contributed by atoms with Gasteiger partial charge in [-0.1, -0.05) is 0 Å². The van der Waals surface area contributed by atoms with E-state index in [0.717, 1.165) is 0 Å². The number of aliphatic hydroxyl groups excluding tert-OH is 3. The molecule has 2 atom stereocenters. The zero-order valence-corrected chi connectivity index (χ0v) is 6.17. The lowest BCUT2D eigenvalue weighted by Gasteiger charge is -2.12. The topological polar surface area (TPSA) is 124 Å². The van der Waals surface area contributed by atoms with E-state index >= 15 is 0 Å². The average molecular weight is 190 g/mol. The molecule has 0 aliphatic carbocycles. The van der Waals surface area contributed by atoms with Gasteiger partial charge in [0.15, 0.2) is 18.0 Å². The number of carbonyl (C=O) groups excluding carboxylic acids is 1. The van der Waals surface area contributed by atoms with Crippen molar-refractivity contribution in [3.63, 3.8) is 0 Å². The van der Waals surface area contributed by atoms with Gasteiger partial charge in [0.25, 0.3) is 0 Å². The van der Waals surface area contributed by atoms with Crippen molar-refractivity contribution in [2.24, 2.45) is 0 Å². The molecule has 1 heterocycles. The molecule has 1 unspecified atom stereocenters. The maximum absolute atomic E-state index is 10.5. The van der Waals surface area contributed by atoms with Crippen LogP contribution in [0, 0.1) is 0 Å². The van der Waals surface area contributed by atoms with Gasteiger partial charge >= 0.3 is 11.9 Å². The molecule has 7 nitrogen and oxygen atoms in total. The first-order valence-electron chi connectivity index (χ1n) is 3.19. The van der Waals surface area contributed by atoms with E-state index in [0.29, 0.717) is 0 Å². The Labute approximate surface area is 71.5 Å². The third-order valence-corrected chi connectivity index (χ3v) is 1.48. The van der Waals surface area contributed by atoms with Crippen LogP contribution in [0.1, 0.15) is 0 Å². The van der Waals surface area contributed by atoms with E-state index in [4.69, 9.17) is 20.4 Å². The number of rotatable bonds is 2. The molecular formula is C6H6O7. The number of esters is 1. The van der Waals surface area contributed by atoms with E-state index in [1.807, 2.05) is 0 Å². The highest BCUT2D eigenvalue weighted by Crippen LogP contribution is 2.21. The molecule has 0 aromatic carbocycles. The number of carboxylic acids is 1. The van der Waals surface area contributed by atoms with Crippen molar-refractivity contribution in [3.05, 3.63) is 11.5 Å². The van der Waals surface area contributed by atoms with Crippen LogP contribution in [0.2, 0.25) is 0 Å². The number of hydrogen-bond donors (Lipinski definition) is 4. The summed E-state index contributed by atoms with van der Waals surface area (Å²) in [6.07, 6.45) is -3.82. The van der Waals surface area contributed by atoms with Crippen LogP contribution < -0.4 is 0 Å². The summed E-state index contributed by atoms with van der Waals surface area (Å²) in [4.78, 5) is 20.7. The van der Waals surface area contributed by atoms with Gasteiger partial charge in [-0.3, -0.25) is 0 Å². The van der Waals surface area contributed by atoms with Crippen LogP contribution in [-0.4, -0.2) is 44.6 Å². The van der Waals surface area contributed by atoms with E-state index in [9.17, 15) is 9.59 Å². The van der Waals surface area contributed by atoms with Crippen LogP contribution >= 0.6 is 0 Å². The monoisotopic (exact) mass is 190 g/mol. The zero-order chi connectivity index (χ0) is 10.2. The van der Waals surface area contributed by atoms with Crippen LogP contribution in [0.25, 0.3) is 0 Å². The Kier molecular flexibility index (Phi) is 2.11. The summed E-state index contributed by atoms with van der Waals surface area (Å²) in [6, 6.07) is 0. The maximum Gasteiger partial charge on any atom is 0.378 e. The van der Waals surface area contributed by atoms with Gasteiger partial charge in [-0.15, -0.1) is 0 Å². The van der Waals surface area contributed by atoms with Crippen molar-refractivity contribution in [2.75, 3.05) is 0 Å². The second-order valence-corrected chi connectivity index (χ2v) is 2.34. The SMILES string of the molecule is O=C1OC([C@@H](O)C(=O)O)C(O)=C1O. The Morgan fingerprint density at radius 1 is 1.46 bits per heavy atom. The molecule has 0 saturated heterocycles. The molecule has 1 rings (SSSR count). The van der Waals surface area contributed by atoms with E-state index in [2.05, 4.69) is 4.74 Å².